The summed E-state index contributed by atoms with van der Waals surface area (Å²) in [6.07, 6.45) is 10.2. The third kappa shape index (κ3) is 2.71. The second-order valence-electron chi connectivity index (χ2n) is 5.70. The zero-order chi connectivity index (χ0) is 12.3. The molecule has 1 saturated carbocycles. The molecule has 1 atom stereocenters. The molecular formula is C14H23NO2. The van der Waals surface area contributed by atoms with Gasteiger partial charge in [-0.25, -0.2) is 0 Å². The van der Waals surface area contributed by atoms with Crippen molar-refractivity contribution >= 4 is 5.97 Å². The monoisotopic (exact) mass is 237 g/mol. The van der Waals surface area contributed by atoms with Crippen LogP contribution in [0.5, 0.6) is 0 Å². The predicted molar refractivity (Wildman–Crippen MR) is 67.9 cm³/mol. The second-order valence-corrected chi connectivity index (χ2v) is 5.70. The number of carboxylic acid groups (broad SMARTS) is 1. The van der Waals surface area contributed by atoms with E-state index < -0.39 is 5.97 Å². The number of aliphatic carboxylic acids is 1. The van der Waals surface area contributed by atoms with Crippen molar-refractivity contribution < 1.29 is 9.90 Å². The summed E-state index contributed by atoms with van der Waals surface area (Å²) in [5.74, 6) is -0.701. The molecule has 0 aromatic heterocycles. The van der Waals surface area contributed by atoms with Crippen molar-refractivity contribution in [3.05, 3.63) is 12.7 Å². The highest BCUT2D eigenvalue weighted by atomic mass is 16.4. The summed E-state index contributed by atoms with van der Waals surface area (Å²) in [4.78, 5) is 13.3. The molecule has 1 spiro atoms. The van der Waals surface area contributed by atoms with E-state index in [4.69, 9.17) is 0 Å². The maximum atomic E-state index is 11.2. The van der Waals surface area contributed by atoms with Crippen LogP contribution in [0, 0.1) is 5.41 Å². The van der Waals surface area contributed by atoms with Crippen molar-refractivity contribution in [3.8, 4) is 0 Å². The zero-order valence-electron chi connectivity index (χ0n) is 10.5. The van der Waals surface area contributed by atoms with Crippen LogP contribution in [0.15, 0.2) is 12.7 Å². The SMILES string of the molecule is C=CCC(C(=O)O)N1CC2(CCCCCC2)C1. The number of hydrogen-bond donors (Lipinski definition) is 1. The van der Waals surface area contributed by atoms with E-state index in [0.29, 0.717) is 11.8 Å². The maximum Gasteiger partial charge on any atom is 0.321 e. The third-order valence-corrected chi connectivity index (χ3v) is 4.36. The first-order chi connectivity index (χ1) is 8.17. The highest BCUT2D eigenvalue weighted by molar-refractivity contribution is 5.73. The van der Waals surface area contributed by atoms with Crippen LogP contribution in [0.25, 0.3) is 0 Å². The molecule has 2 fully saturated rings. The maximum absolute atomic E-state index is 11.2. The van der Waals surface area contributed by atoms with Crippen molar-refractivity contribution in [2.45, 2.75) is 51.0 Å². The first kappa shape index (κ1) is 12.6. The minimum atomic E-state index is -0.701. The van der Waals surface area contributed by atoms with Crippen molar-refractivity contribution in [3.63, 3.8) is 0 Å². The summed E-state index contributed by atoms with van der Waals surface area (Å²) in [7, 11) is 0. The third-order valence-electron chi connectivity index (χ3n) is 4.36. The van der Waals surface area contributed by atoms with Gasteiger partial charge in [0.2, 0.25) is 0 Å². The summed E-state index contributed by atoms with van der Waals surface area (Å²) in [6, 6.07) is -0.346. The predicted octanol–water partition coefficient (Wildman–Crippen LogP) is 2.67. The van der Waals surface area contributed by atoms with Crippen LogP contribution in [-0.2, 0) is 4.79 Å². The van der Waals surface area contributed by atoms with Gasteiger partial charge < -0.3 is 5.11 Å². The summed E-state index contributed by atoms with van der Waals surface area (Å²) in [6.45, 7) is 5.62. The lowest BCUT2D eigenvalue weighted by molar-refractivity contribution is -0.149. The van der Waals surface area contributed by atoms with Gasteiger partial charge in [0.25, 0.3) is 0 Å². The number of rotatable bonds is 4. The molecule has 3 heteroatoms. The van der Waals surface area contributed by atoms with E-state index in [1.165, 1.54) is 38.5 Å². The molecule has 0 radical (unpaired) electrons. The fourth-order valence-corrected chi connectivity index (χ4v) is 3.39. The van der Waals surface area contributed by atoms with Crippen molar-refractivity contribution in [1.82, 2.24) is 4.90 Å². The highest BCUT2D eigenvalue weighted by Crippen LogP contribution is 2.43. The van der Waals surface area contributed by atoms with Gasteiger partial charge in [0.05, 0.1) is 0 Å². The molecule has 1 N–H and O–H groups in total. The number of nitrogens with zero attached hydrogens (tertiary/aromatic N) is 1. The lowest BCUT2D eigenvalue weighted by Gasteiger charge is -2.52. The van der Waals surface area contributed by atoms with Crippen LogP contribution >= 0.6 is 0 Å². The first-order valence-electron chi connectivity index (χ1n) is 6.75. The average molecular weight is 237 g/mol. The van der Waals surface area contributed by atoms with Gasteiger partial charge in [0.1, 0.15) is 6.04 Å². The molecule has 3 nitrogen and oxygen atoms in total. The van der Waals surface area contributed by atoms with Crippen LogP contribution in [0.4, 0.5) is 0 Å². The van der Waals surface area contributed by atoms with E-state index in [-0.39, 0.29) is 6.04 Å². The summed E-state index contributed by atoms with van der Waals surface area (Å²) >= 11 is 0. The van der Waals surface area contributed by atoms with Gasteiger partial charge in [0, 0.05) is 13.1 Å². The number of hydrogen-bond acceptors (Lipinski definition) is 2. The van der Waals surface area contributed by atoms with Crippen molar-refractivity contribution in [2.75, 3.05) is 13.1 Å². The standard InChI is InChI=1S/C14H23NO2/c1-2-7-12(13(16)17)15-10-14(11-15)8-5-3-4-6-9-14/h2,12H,1,3-11H2,(H,16,17). The molecule has 1 aliphatic heterocycles. The van der Waals surface area contributed by atoms with E-state index in [1.54, 1.807) is 6.08 Å². The molecule has 2 rings (SSSR count). The normalized spacial score (nSPS) is 25.9. The molecular weight excluding hydrogens is 214 g/mol. The molecule has 96 valence electrons. The first-order valence-corrected chi connectivity index (χ1v) is 6.75. The Bertz CT molecular complexity index is 285. The minimum absolute atomic E-state index is 0.346. The second kappa shape index (κ2) is 5.21. The summed E-state index contributed by atoms with van der Waals surface area (Å²) in [5.41, 5.74) is 0.450. The van der Waals surface area contributed by atoms with Gasteiger partial charge in [-0.05, 0) is 24.7 Å². The van der Waals surface area contributed by atoms with Gasteiger partial charge in [-0.2, -0.15) is 0 Å². The average Bonchev–Trinajstić information content (AvgIpc) is 2.49. The topological polar surface area (TPSA) is 40.5 Å². The van der Waals surface area contributed by atoms with Crippen LogP contribution in [0.2, 0.25) is 0 Å². The van der Waals surface area contributed by atoms with E-state index in [9.17, 15) is 9.90 Å². The number of carboxylic acids is 1. The Morgan fingerprint density at radius 3 is 2.35 bits per heavy atom. The van der Waals surface area contributed by atoms with Crippen LogP contribution in [0.1, 0.15) is 44.9 Å². The molecule has 0 aromatic carbocycles. The Morgan fingerprint density at radius 1 is 1.29 bits per heavy atom. The Kier molecular flexibility index (Phi) is 3.87. The lowest BCUT2D eigenvalue weighted by atomic mass is 9.72. The minimum Gasteiger partial charge on any atom is -0.480 e. The molecule has 2 aliphatic rings. The molecule has 1 heterocycles. The molecule has 1 saturated heterocycles. The van der Waals surface area contributed by atoms with Crippen molar-refractivity contribution in [1.29, 1.82) is 0 Å². The Balaban J connectivity index is 1.91. The van der Waals surface area contributed by atoms with Gasteiger partial charge in [-0.3, -0.25) is 9.69 Å². The number of likely N-dealkylation sites (tertiary alicyclic amines) is 1. The molecule has 0 bridgehead atoms. The molecule has 1 aliphatic carbocycles. The lowest BCUT2D eigenvalue weighted by Crippen LogP contribution is -2.61. The molecule has 0 aromatic rings. The largest absolute Gasteiger partial charge is 0.480 e. The van der Waals surface area contributed by atoms with E-state index in [1.807, 2.05) is 0 Å². The number of carbonyl (C=O) groups is 1. The molecule has 0 amide bonds. The Morgan fingerprint density at radius 2 is 1.88 bits per heavy atom. The van der Waals surface area contributed by atoms with E-state index >= 15 is 0 Å². The van der Waals surface area contributed by atoms with E-state index in [2.05, 4.69) is 11.5 Å². The quantitative estimate of drug-likeness (QED) is 0.764. The fourth-order valence-electron chi connectivity index (χ4n) is 3.39. The van der Waals surface area contributed by atoms with E-state index in [0.717, 1.165) is 13.1 Å². The highest BCUT2D eigenvalue weighted by Gasteiger charge is 2.46. The fraction of sp³-hybridized carbons (Fsp3) is 0.786. The smallest absolute Gasteiger partial charge is 0.321 e. The summed E-state index contributed by atoms with van der Waals surface area (Å²) in [5, 5.41) is 9.19. The van der Waals surface area contributed by atoms with Crippen LogP contribution in [-0.4, -0.2) is 35.1 Å². The van der Waals surface area contributed by atoms with Gasteiger partial charge in [-0.1, -0.05) is 31.8 Å². The van der Waals surface area contributed by atoms with Crippen LogP contribution < -0.4 is 0 Å². The Labute approximate surface area is 103 Å². The molecule has 17 heavy (non-hydrogen) atoms. The molecule has 1 unspecified atom stereocenters. The van der Waals surface area contributed by atoms with Gasteiger partial charge in [0.15, 0.2) is 0 Å². The zero-order valence-corrected chi connectivity index (χ0v) is 10.5. The van der Waals surface area contributed by atoms with Gasteiger partial charge in [-0.15, -0.1) is 6.58 Å². The Hall–Kier alpha value is -0.830. The van der Waals surface area contributed by atoms with Crippen molar-refractivity contribution in [2.24, 2.45) is 5.41 Å². The summed E-state index contributed by atoms with van der Waals surface area (Å²) < 4.78 is 0. The van der Waals surface area contributed by atoms with Gasteiger partial charge >= 0.3 is 5.97 Å². The van der Waals surface area contributed by atoms with Crippen LogP contribution in [0.3, 0.4) is 0 Å².